The first-order valence-electron chi connectivity index (χ1n) is 5.96. The van der Waals surface area contributed by atoms with Crippen molar-refractivity contribution in [2.24, 2.45) is 0 Å². The van der Waals surface area contributed by atoms with E-state index in [0.717, 1.165) is 0 Å². The number of carboxylic acid groups (broad SMARTS) is 1. The van der Waals surface area contributed by atoms with Crippen LogP contribution in [0.4, 0.5) is 5.69 Å². The lowest BCUT2D eigenvalue weighted by atomic mass is 10.2. The van der Waals surface area contributed by atoms with Crippen LogP contribution in [-0.4, -0.2) is 31.0 Å². The van der Waals surface area contributed by atoms with Gasteiger partial charge in [0.15, 0.2) is 0 Å². The number of nitro benzene ring substituents is 1. The maximum atomic E-state index is 10.8. The van der Waals surface area contributed by atoms with Crippen LogP contribution in [0.5, 0.6) is 0 Å². The second-order valence-electron chi connectivity index (χ2n) is 4.40. The number of nitrogens with zero attached hydrogens (tertiary/aromatic N) is 4. The third-order valence-corrected chi connectivity index (χ3v) is 3.15. The molecule has 0 aliphatic carbocycles. The summed E-state index contributed by atoms with van der Waals surface area (Å²) in [6.07, 6.45) is 1.79. The number of carbonyl (C=O) groups is 1. The Balaban J connectivity index is 2.32. The molecule has 0 spiro atoms. The van der Waals surface area contributed by atoms with Crippen LogP contribution >= 0.6 is 11.6 Å². The molecule has 110 valence electrons. The molecule has 0 amide bonds. The largest absolute Gasteiger partial charge is 0.481 e. The Morgan fingerprint density at radius 2 is 2.24 bits per heavy atom. The molecule has 0 aliphatic rings. The van der Waals surface area contributed by atoms with Gasteiger partial charge in [-0.15, -0.1) is 5.10 Å². The lowest BCUT2D eigenvalue weighted by molar-refractivity contribution is -0.384. The van der Waals surface area contributed by atoms with Crippen molar-refractivity contribution in [1.29, 1.82) is 0 Å². The third kappa shape index (κ3) is 3.34. The summed E-state index contributed by atoms with van der Waals surface area (Å²) in [5, 5.41) is 27.2. The van der Waals surface area contributed by atoms with E-state index in [2.05, 4.69) is 10.3 Å². The molecule has 8 nitrogen and oxygen atoms in total. The summed E-state index contributed by atoms with van der Waals surface area (Å²) in [5.41, 5.74) is 1.51. The number of benzene rings is 1. The highest BCUT2D eigenvalue weighted by Crippen LogP contribution is 2.29. The molecule has 1 aromatic carbocycles. The van der Waals surface area contributed by atoms with Crippen molar-refractivity contribution in [3.05, 3.63) is 44.7 Å². The second-order valence-corrected chi connectivity index (χ2v) is 4.80. The number of hydrogen-bond donors (Lipinski definition) is 1. The molecular formula is C12H11ClN4O4. The summed E-state index contributed by atoms with van der Waals surface area (Å²) in [6, 6.07) is 2.79. The molecule has 0 fully saturated rings. The molecule has 0 unspecified atom stereocenters. The first kappa shape index (κ1) is 14.9. The maximum absolute atomic E-state index is 10.8. The van der Waals surface area contributed by atoms with Gasteiger partial charge in [-0.1, -0.05) is 16.8 Å². The smallest absolute Gasteiger partial charge is 0.303 e. The van der Waals surface area contributed by atoms with E-state index in [9.17, 15) is 14.9 Å². The Morgan fingerprint density at radius 1 is 1.52 bits per heavy atom. The number of halogens is 1. The summed E-state index contributed by atoms with van der Waals surface area (Å²) in [7, 11) is 0. The number of aliphatic carboxylic acids is 1. The predicted molar refractivity (Wildman–Crippen MR) is 73.7 cm³/mol. The van der Waals surface area contributed by atoms with Gasteiger partial charge in [-0.3, -0.25) is 14.9 Å². The molecule has 1 heterocycles. The average molecular weight is 311 g/mol. The van der Waals surface area contributed by atoms with Gasteiger partial charge in [-0.25, -0.2) is 4.68 Å². The summed E-state index contributed by atoms with van der Waals surface area (Å²) in [5.74, 6) is -0.917. The molecule has 0 atom stereocenters. The minimum atomic E-state index is -0.917. The Kier molecular flexibility index (Phi) is 4.18. The first-order chi connectivity index (χ1) is 9.88. The van der Waals surface area contributed by atoms with Crippen LogP contribution in [0.3, 0.4) is 0 Å². The Labute approximate surface area is 124 Å². The number of rotatable bonds is 5. The summed E-state index contributed by atoms with van der Waals surface area (Å²) < 4.78 is 1.42. The van der Waals surface area contributed by atoms with Crippen LogP contribution in [0, 0.1) is 17.0 Å². The molecule has 0 radical (unpaired) electrons. The van der Waals surface area contributed by atoms with Gasteiger partial charge < -0.3 is 5.11 Å². The van der Waals surface area contributed by atoms with Crippen molar-refractivity contribution in [2.75, 3.05) is 0 Å². The normalized spacial score (nSPS) is 10.6. The summed E-state index contributed by atoms with van der Waals surface area (Å²) >= 11 is 5.87. The number of nitro groups is 1. The Hall–Kier alpha value is -2.48. The zero-order chi connectivity index (χ0) is 15.6. The molecule has 1 N–H and O–H groups in total. The fraction of sp³-hybridized carbons (Fsp3) is 0.250. The summed E-state index contributed by atoms with van der Waals surface area (Å²) in [4.78, 5) is 20.8. The van der Waals surface area contributed by atoms with E-state index >= 15 is 0 Å². The Bertz CT molecular complexity index is 713. The fourth-order valence-electron chi connectivity index (χ4n) is 1.81. The minimum Gasteiger partial charge on any atom is -0.481 e. The number of carboxylic acids is 1. The molecule has 2 rings (SSSR count). The van der Waals surface area contributed by atoms with Gasteiger partial charge >= 0.3 is 5.97 Å². The fourth-order valence-corrected chi connectivity index (χ4v) is 2.04. The topological polar surface area (TPSA) is 111 Å². The molecule has 0 bridgehead atoms. The highest BCUT2D eigenvalue weighted by molar-refractivity contribution is 6.32. The zero-order valence-corrected chi connectivity index (χ0v) is 11.7. The van der Waals surface area contributed by atoms with Crippen molar-refractivity contribution in [3.8, 4) is 5.69 Å². The van der Waals surface area contributed by atoms with Gasteiger partial charge in [-0.2, -0.15) is 0 Å². The highest BCUT2D eigenvalue weighted by Gasteiger charge is 2.16. The lowest BCUT2D eigenvalue weighted by Crippen LogP contribution is -2.00. The van der Waals surface area contributed by atoms with E-state index < -0.39 is 10.9 Å². The highest BCUT2D eigenvalue weighted by atomic mass is 35.5. The van der Waals surface area contributed by atoms with E-state index in [1.54, 1.807) is 13.1 Å². The van der Waals surface area contributed by atoms with Crippen LogP contribution in [0.25, 0.3) is 5.69 Å². The standard InChI is InChI=1S/C12H11ClN4O4/c1-7-4-11(17(20)21)9(13)5-10(7)16-6-8(14-15-16)2-3-12(18)19/h4-6H,2-3H2,1H3,(H,18,19). The van der Waals surface area contributed by atoms with E-state index in [1.165, 1.54) is 16.8 Å². The van der Waals surface area contributed by atoms with Crippen LogP contribution < -0.4 is 0 Å². The lowest BCUT2D eigenvalue weighted by Gasteiger charge is -2.05. The van der Waals surface area contributed by atoms with Gasteiger partial charge in [0.05, 0.1) is 28.9 Å². The van der Waals surface area contributed by atoms with Crippen LogP contribution in [0.1, 0.15) is 17.7 Å². The van der Waals surface area contributed by atoms with E-state index in [4.69, 9.17) is 16.7 Å². The molecule has 2 aromatic rings. The molecule has 9 heteroatoms. The van der Waals surface area contributed by atoms with Crippen molar-refractivity contribution in [1.82, 2.24) is 15.0 Å². The maximum Gasteiger partial charge on any atom is 0.303 e. The van der Waals surface area contributed by atoms with Crippen LogP contribution in [0.15, 0.2) is 18.3 Å². The predicted octanol–water partition coefficient (Wildman–Crippen LogP) is 2.15. The second kappa shape index (κ2) is 5.88. The van der Waals surface area contributed by atoms with Gasteiger partial charge in [0, 0.05) is 12.5 Å². The SMILES string of the molecule is Cc1cc([N+](=O)[O-])c(Cl)cc1-n1cc(CCC(=O)O)nn1. The Morgan fingerprint density at radius 3 is 2.86 bits per heavy atom. The molecule has 1 aromatic heterocycles. The van der Waals surface area contributed by atoms with E-state index in [-0.39, 0.29) is 23.6 Å². The van der Waals surface area contributed by atoms with Gasteiger partial charge in [0.2, 0.25) is 0 Å². The average Bonchev–Trinajstić information content (AvgIpc) is 2.87. The summed E-state index contributed by atoms with van der Waals surface area (Å²) in [6.45, 7) is 1.69. The number of aryl methyl sites for hydroxylation is 2. The van der Waals surface area contributed by atoms with Gasteiger partial charge in [0.25, 0.3) is 5.69 Å². The van der Waals surface area contributed by atoms with Crippen molar-refractivity contribution < 1.29 is 14.8 Å². The molecule has 0 saturated carbocycles. The minimum absolute atomic E-state index is 0.00295. The van der Waals surface area contributed by atoms with E-state index in [1.807, 2.05) is 0 Å². The number of hydrogen-bond acceptors (Lipinski definition) is 5. The van der Waals surface area contributed by atoms with Crippen LogP contribution in [-0.2, 0) is 11.2 Å². The van der Waals surface area contributed by atoms with Crippen molar-refractivity contribution in [3.63, 3.8) is 0 Å². The van der Waals surface area contributed by atoms with Gasteiger partial charge in [0.1, 0.15) is 5.02 Å². The van der Waals surface area contributed by atoms with Crippen LogP contribution in [0.2, 0.25) is 5.02 Å². The molecule has 0 aliphatic heterocycles. The zero-order valence-electron chi connectivity index (χ0n) is 11.0. The van der Waals surface area contributed by atoms with E-state index in [0.29, 0.717) is 16.9 Å². The molecular weight excluding hydrogens is 300 g/mol. The third-order valence-electron chi connectivity index (χ3n) is 2.84. The monoisotopic (exact) mass is 310 g/mol. The number of aromatic nitrogens is 3. The van der Waals surface area contributed by atoms with Crippen molar-refractivity contribution in [2.45, 2.75) is 19.8 Å². The first-order valence-corrected chi connectivity index (χ1v) is 6.34. The van der Waals surface area contributed by atoms with Crippen molar-refractivity contribution >= 4 is 23.3 Å². The molecule has 21 heavy (non-hydrogen) atoms. The molecule has 0 saturated heterocycles. The van der Waals surface area contributed by atoms with Gasteiger partial charge in [-0.05, 0) is 18.6 Å². The quantitative estimate of drug-likeness (QED) is 0.669.